The standard InChI is InChI=1S/C19H16NOS/c1-22(21)19-14-12-18(13-15-19)20(16-8-4-2-5-9-16)17-10-6-3-7-11-17/h2-14H,1H3. The van der Waals surface area contributed by atoms with Crippen LogP contribution in [0, 0.1) is 6.07 Å². The second-order valence-corrected chi connectivity index (χ2v) is 6.22. The van der Waals surface area contributed by atoms with Crippen molar-refractivity contribution in [3.63, 3.8) is 0 Å². The number of hydrogen-bond acceptors (Lipinski definition) is 2. The third-order valence-corrected chi connectivity index (χ3v) is 4.24. The van der Waals surface area contributed by atoms with Gasteiger partial charge in [-0.2, -0.15) is 0 Å². The molecule has 0 N–H and O–H groups in total. The Balaban J connectivity index is 2.06. The van der Waals surface area contributed by atoms with Gasteiger partial charge in [-0.05, 0) is 53.6 Å². The van der Waals surface area contributed by atoms with Crippen LogP contribution in [0.4, 0.5) is 17.1 Å². The fourth-order valence-electron chi connectivity index (χ4n) is 2.32. The van der Waals surface area contributed by atoms with Crippen molar-refractivity contribution in [2.75, 3.05) is 11.2 Å². The maximum absolute atomic E-state index is 11.5. The lowest BCUT2D eigenvalue weighted by atomic mass is 10.2. The van der Waals surface area contributed by atoms with Crippen LogP contribution in [-0.4, -0.2) is 10.8 Å². The molecule has 1 radical (unpaired) electrons. The minimum atomic E-state index is -1.01. The lowest BCUT2D eigenvalue weighted by molar-refractivity contribution is 0.600. The van der Waals surface area contributed by atoms with Gasteiger partial charge in [0, 0.05) is 23.1 Å². The van der Waals surface area contributed by atoms with E-state index in [4.69, 9.17) is 0 Å². The summed E-state index contributed by atoms with van der Waals surface area (Å²) in [7, 11) is 0. The Morgan fingerprint density at radius 1 is 0.773 bits per heavy atom. The fraction of sp³-hybridized carbons (Fsp3) is 0.0526. The molecule has 0 amide bonds. The van der Waals surface area contributed by atoms with Crippen molar-refractivity contribution in [2.45, 2.75) is 4.90 Å². The van der Waals surface area contributed by atoms with E-state index >= 15 is 0 Å². The molecule has 3 aromatic rings. The number of para-hydroxylation sites is 2. The summed E-state index contributed by atoms with van der Waals surface area (Å²) < 4.78 is 11.5. The predicted molar refractivity (Wildman–Crippen MR) is 92.3 cm³/mol. The molecule has 0 bridgehead atoms. The Morgan fingerprint density at radius 3 is 1.73 bits per heavy atom. The van der Waals surface area contributed by atoms with E-state index < -0.39 is 11.2 Å². The highest BCUT2D eigenvalue weighted by Crippen LogP contribution is 2.34. The molecule has 22 heavy (non-hydrogen) atoms. The molecule has 3 rings (SSSR count). The molecular formula is C19H16NOS. The molecule has 2 nitrogen and oxygen atoms in total. The van der Waals surface area contributed by atoms with Crippen LogP contribution >= 0.6 is 0 Å². The zero-order valence-electron chi connectivity index (χ0n) is 12.3. The van der Waals surface area contributed by atoms with Gasteiger partial charge in [0.25, 0.3) is 0 Å². The minimum absolute atomic E-state index is 0.713. The molecular weight excluding hydrogens is 290 g/mol. The molecule has 0 saturated heterocycles. The van der Waals surface area contributed by atoms with E-state index in [1.165, 1.54) is 0 Å². The first-order valence-corrected chi connectivity index (χ1v) is 8.57. The summed E-state index contributed by atoms with van der Waals surface area (Å²) in [6.45, 7) is 0. The molecule has 0 aliphatic rings. The van der Waals surface area contributed by atoms with Crippen molar-refractivity contribution in [3.05, 3.63) is 84.9 Å². The Hall–Kier alpha value is -2.23. The average Bonchev–Trinajstić information content (AvgIpc) is 2.57. The van der Waals surface area contributed by atoms with Crippen LogP contribution in [0.5, 0.6) is 0 Å². The van der Waals surface area contributed by atoms with Crippen molar-refractivity contribution in [2.24, 2.45) is 0 Å². The molecule has 0 spiro atoms. The van der Waals surface area contributed by atoms with Gasteiger partial charge in [-0.1, -0.05) is 36.4 Å². The quantitative estimate of drug-likeness (QED) is 0.653. The van der Waals surface area contributed by atoms with Crippen LogP contribution in [0.3, 0.4) is 0 Å². The SMILES string of the molecule is C[S+]([O-])c1[c]cc(N(c2ccccc2)c2ccccc2)cc1. The van der Waals surface area contributed by atoms with Gasteiger partial charge in [0.2, 0.25) is 0 Å². The maximum atomic E-state index is 11.5. The highest BCUT2D eigenvalue weighted by Gasteiger charge is 2.13. The Labute approximate surface area is 134 Å². The molecule has 3 aromatic carbocycles. The summed E-state index contributed by atoms with van der Waals surface area (Å²) in [6, 6.07) is 29.2. The predicted octanol–water partition coefficient (Wildman–Crippen LogP) is 4.69. The van der Waals surface area contributed by atoms with Crippen LogP contribution in [0.25, 0.3) is 0 Å². The Bertz CT molecular complexity index is 672. The summed E-state index contributed by atoms with van der Waals surface area (Å²) in [6.07, 6.45) is 1.66. The van der Waals surface area contributed by atoms with Gasteiger partial charge in [-0.3, -0.25) is 0 Å². The molecule has 1 atom stereocenters. The Kier molecular flexibility index (Phi) is 4.47. The molecule has 0 fully saturated rings. The molecule has 0 aliphatic carbocycles. The highest BCUT2D eigenvalue weighted by molar-refractivity contribution is 7.90. The maximum Gasteiger partial charge on any atom is 0.160 e. The second-order valence-electron chi connectivity index (χ2n) is 4.87. The van der Waals surface area contributed by atoms with E-state index in [1.54, 1.807) is 6.26 Å². The topological polar surface area (TPSA) is 26.3 Å². The number of anilines is 3. The Morgan fingerprint density at radius 2 is 1.32 bits per heavy atom. The van der Waals surface area contributed by atoms with E-state index in [1.807, 2.05) is 54.6 Å². The molecule has 0 aromatic heterocycles. The van der Waals surface area contributed by atoms with Gasteiger partial charge in [-0.15, -0.1) is 0 Å². The number of rotatable bonds is 4. The van der Waals surface area contributed by atoms with Crippen LogP contribution < -0.4 is 4.90 Å². The molecule has 109 valence electrons. The summed E-state index contributed by atoms with van der Waals surface area (Å²) in [5, 5.41) is 0. The first-order valence-electron chi connectivity index (χ1n) is 7.01. The minimum Gasteiger partial charge on any atom is -0.612 e. The zero-order valence-corrected chi connectivity index (χ0v) is 13.1. The summed E-state index contributed by atoms with van der Waals surface area (Å²) in [5.41, 5.74) is 3.14. The molecule has 0 saturated carbocycles. The highest BCUT2D eigenvalue weighted by atomic mass is 32.2. The normalized spacial score (nSPS) is 11.9. The van der Waals surface area contributed by atoms with Gasteiger partial charge in [0.15, 0.2) is 4.90 Å². The first kappa shape index (κ1) is 14.7. The van der Waals surface area contributed by atoms with Crippen LogP contribution in [-0.2, 0) is 11.2 Å². The largest absolute Gasteiger partial charge is 0.612 e. The molecule has 1 unspecified atom stereocenters. The van der Waals surface area contributed by atoms with E-state index in [2.05, 4.69) is 35.2 Å². The number of benzene rings is 3. The smallest absolute Gasteiger partial charge is 0.160 e. The first-order chi connectivity index (χ1) is 10.8. The molecule has 0 aliphatic heterocycles. The zero-order chi connectivity index (χ0) is 15.4. The van der Waals surface area contributed by atoms with Crippen LogP contribution in [0.1, 0.15) is 0 Å². The van der Waals surface area contributed by atoms with Crippen molar-refractivity contribution >= 4 is 28.2 Å². The fourth-order valence-corrected chi connectivity index (χ4v) is 2.81. The van der Waals surface area contributed by atoms with Crippen molar-refractivity contribution in [1.82, 2.24) is 0 Å². The van der Waals surface area contributed by atoms with Crippen molar-refractivity contribution < 1.29 is 4.55 Å². The van der Waals surface area contributed by atoms with E-state index in [0.29, 0.717) is 4.90 Å². The monoisotopic (exact) mass is 306 g/mol. The number of hydrogen-bond donors (Lipinski definition) is 0. The third kappa shape index (κ3) is 3.16. The van der Waals surface area contributed by atoms with Gasteiger partial charge < -0.3 is 9.45 Å². The van der Waals surface area contributed by atoms with Gasteiger partial charge >= 0.3 is 0 Å². The lowest BCUT2D eigenvalue weighted by Crippen LogP contribution is -2.10. The summed E-state index contributed by atoms with van der Waals surface area (Å²) in [4.78, 5) is 2.86. The second kappa shape index (κ2) is 6.69. The summed E-state index contributed by atoms with van der Waals surface area (Å²) in [5.74, 6) is 0. The number of nitrogens with zero attached hydrogens (tertiary/aromatic N) is 1. The van der Waals surface area contributed by atoms with Crippen LogP contribution in [0.2, 0.25) is 0 Å². The molecule has 0 heterocycles. The molecule has 3 heteroatoms. The lowest BCUT2D eigenvalue weighted by Gasteiger charge is -2.25. The average molecular weight is 306 g/mol. The van der Waals surface area contributed by atoms with E-state index in [9.17, 15) is 4.55 Å². The van der Waals surface area contributed by atoms with Gasteiger partial charge in [0.1, 0.15) is 6.26 Å². The van der Waals surface area contributed by atoms with Crippen molar-refractivity contribution in [3.8, 4) is 0 Å². The van der Waals surface area contributed by atoms with Gasteiger partial charge in [-0.25, -0.2) is 0 Å². The van der Waals surface area contributed by atoms with E-state index in [-0.39, 0.29) is 0 Å². The van der Waals surface area contributed by atoms with Crippen LogP contribution in [0.15, 0.2) is 83.8 Å². The third-order valence-electron chi connectivity index (χ3n) is 3.36. The van der Waals surface area contributed by atoms with E-state index in [0.717, 1.165) is 17.1 Å². The van der Waals surface area contributed by atoms with Gasteiger partial charge in [0.05, 0.1) is 0 Å². The summed E-state index contributed by atoms with van der Waals surface area (Å²) >= 11 is -1.01. The van der Waals surface area contributed by atoms with Crippen molar-refractivity contribution in [1.29, 1.82) is 0 Å².